The van der Waals surface area contributed by atoms with E-state index in [1.807, 2.05) is 24.9 Å². The van der Waals surface area contributed by atoms with E-state index in [2.05, 4.69) is 15.9 Å². The van der Waals surface area contributed by atoms with Gasteiger partial charge < -0.3 is 10.0 Å². The summed E-state index contributed by atoms with van der Waals surface area (Å²) in [5, 5.41) is 8.92. The summed E-state index contributed by atoms with van der Waals surface area (Å²) in [5.41, 5.74) is 1.66. The minimum Gasteiger partial charge on any atom is -0.396 e. The van der Waals surface area contributed by atoms with Crippen LogP contribution >= 0.6 is 15.9 Å². The second-order valence-corrected chi connectivity index (χ2v) is 7.86. The fraction of sp³-hybridized carbons (Fsp3) is 0.538. The Labute approximate surface area is 122 Å². The van der Waals surface area contributed by atoms with Gasteiger partial charge in [-0.3, -0.25) is 0 Å². The number of rotatable bonds is 3. The van der Waals surface area contributed by atoms with Crippen molar-refractivity contribution in [3.8, 4) is 0 Å². The van der Waals surface area contributed by atoms with E-state index >= 15 is 0 Å². The fourth-order valence-electron chi connectivity index (χ4n) is 2.52. The summed E-state index contributed by atoms with van der Waals surface area (Å²) in [5.74, 6) is 0.117. The van der Waals surface area contributed by atoms with Crippen LogP contribution < -0.4 is 4.90 Å². The zero-order valence-corrected chi connectivity index (χ0v) is 13.5. The third-order valence-electron chi connectivity index (χ3n) is 3.52. The molecule has 0 saturated carbocycles. The monoisotopic (exact) mass is 347 g/mol. The van der Waals surface area contributed by atoms with Crippen molar-refractivity contribution in [2.45, 2.75) is 30.7 Å². The Morgan fingerprint density at radius 3 is 2.79 bits per heavy atom. The topological polar surface area (TPSA) is 57.6 Å². The molecule has 4 nitrogen and oxygen atoms in total. The Balaban J connectivity index is 2.51. The van der Waals surface area contributed by atoms with Gasteiger partial charge in [-0.25, -0.2) is 8.42 Å². The van der Waals surface area contributed by atoms with Crippen LogP contribution in [0.25, 0.3) is 0 Å². The van der Waals surface area contributed by atoms with Gasteiger partial charge in [-0.2, -0.15) is 0 Å². The Morgan fingerprint density at radius 1 is 1.47 bits per heavy atom. The minimum absolute atomic E-state index is 0.0799. The smallest absolute Gasteiger partial charge is 0.182 e. The normalized spacial score (nSPS) is 21.3. The van der Waals surface area contributed by atoms with Gasteiger partial charge in [0.05, 0.1) is 16.3 Å². The van der Waals surface area contributed by atoms with E-state index < -0.39 is 9.84 Å². The zero-order chi connectivity index (χ0) is 14.2. The average molecular weight is 348 g/mol. The molecule has 0 spiro atoms. The molecule has 6 heteroatoms. The van der Waals surface area contributed by atoms with Gasteiger partial charge in [-0.15, -0.1) is 0 Å². The minimum atomic E-state index is -3.25. The van der Waals surface area contributed by atoms with E-state index in [1.54, 1.807) is 6.07 Å². The summed E-state index contributed by atoms with van der Waals surface area (Å²) in [6.45, 7) is 1.98. The van der Waals surface area contributed by atoms with Crippen molar-refractivity contribution < 1.29 is 13.5 Å². The van der Waals surface area contributed by atoms with Crippen LogP contribution in [0, 0.1) is 6.92 Å². The van der Waals surface area contributed by atoms with Crippen LogP contribution in [0.3, 0.4) is 0 Å². The molecular formula is C13H18BrNO3S. The lowest BCUT2D eigenvalue weighted by Gasteiger charge is -2.36. The third-order valence-corrected chi connectivity index (χ3v) is 5.92. The first-order valence-electron chi connectivity index (χ1n) is 6.23. The Kier molecular flexibility index (Phi) is 4.23. The predicted octanol–water partition coefficient (Wildman–Crippen LogP) is 2.12. The Hall–Kier alpha value is -0.590. The molecule has 0 saturated heterocycles. The van der Waals surface area contributed by atoms with Gasteiger partial charge >= 0.3 is 0 Å². The first kappa shape index (κ1) is 14.8. The Bertz CT molecular complexity index is 586. The quantitative estimate of drug-likeness (QED) is 0.909. The van der Waals surface area contributed by atoms with Gasteiger partial charge in [-0.1, -0.05) is 0 Å². The van der Waals surface area contributed by atoms with Crippen LogP contribution in [0.4, 0.5) is 5.69 Å². The lowest BCUT2D eigenvalue weighted by Crippen LogP contribution is -2.42. The average Bonchev–Trinajstić information content (AvgIpc) is 2.31. The van der Waals surface area contributed by atoms with Gasteiger partial charge in [-0.05, 0) is 53.4 Å². The number of hydrogen-bond acceptors (Lipinski definition) is 4. The van der Waals surface area contributed by atoms with E-state index in [4.69, 9.17) is 5.11 Å². The first-order chi connectivity index (χ1) is 8.86. The van der Waals surface area contributed by atoms with Crippen molar-refractivity contribution in [3.05, 3.63) is 22.2 Å². The van der Waals surface area contributed by atoms with Crippen molar-refractivity contribution in [3.63, 3.8) is 0 Å². The summed E-state index contributed by atoms with van der Waals surface area (Å²) in [6, 6.07) is 3.58. The Morgan fingerprint density at radius 2 is 2.16 bits per heavy atom. The number of aliphatic hydroxyl groups is 1. The lowest BCUT2D eigenvalue weighted by atomic mass is 10.1. The summed E-state index contributed by atoms with van der Waals surface area (Å²) in [6.07, 6.45) is 1.29. The highest BCUT2D eigenvalue weighted by molar-refractivity contribution is 9.10. The molecule has 0 aliphatic carbocycles. The van der Waals surface area contributed by atoms with Crippen LogP contribution in [-0.2, 0) is 9.84 Å². The number of aryl methyl sites for hydroxylation is 1. The van der Waals surface area contributed by atoms with E-state index in [0.29, 0.717) is 17.7 Å². The van der Waals surface area contributed by atoms with Gasteiger partial charge in [0.15, 0.2) is 9.84 Å². The van der Waals surface area contributed by atoms with Crippen LogP contribution in [0.15, 0.2) is 21.5 Å². The summed E-state index contributed by atoms with van der Waals surface area (Å²) in [4.78, 5) is 2.41. The van der Waals surface area contributed by atoms with E-state index in [-0.39, 0.29) is 18.4 Å². The predicted molar refractivity (Wildman–Crippen MR) is 79.4 cm³/mol. The molecule has 0 aromatic heterocycles. The molecule has 1 aromatic carbocycles. The highest BCUT2D eigenvalue weighted by atomic mass is 79.9. The van der Waals surface area contributed by atoms with Crippen molar-refractivity contribution in [2.24, 2.45) is 0 Å². The highest BCUT2D eigenvalue weighted by Crippen LogP contribution is 2.40. The molecule has 2 rings (SSSR count). The number of anilines is 1. The molecule has 19 heavy (non-hydrogen) atoms. The third kappa shape index (κ3) is 2.80. The molecule has 1 atom stereocenters. The molecule has 1 N–H and O–H groups in total. The maximum Gasteiger partial charge on any atom is 0.182 e. The molecular weight excluding hydrogens is 330 g/mol. The molecule has 0 bridgehead atoms. The molecule has 0 fully saturated rings. The number of fused-ring (bicyclic) bond motifs is 1. The molecule has 1 aromatic rings. The molecule has 0 amide bonds. The van der Waals surface area contributed by atoms with Gasteiger partial charge in [0.25, 0.3) is 0 Å². The maximum absolute atomic E-state index is 12.4. The lowest BCUT2D eigenvalue weighted by molar-refractivity contribution is 0.280. The second kappa shape index (κ2) is 5.42. The largest absolute Gasteiger partial charge is 0.396 e. The van der Waals surface area contributed by atoms with Crippen LogP contribution in [0.5, 0.6) is 0 Å². The molecule has 1 heterocycles. The second-order valence-electron chi connectivity index (χ2n) is 5.01. The number of sulfone groups is 1. The molecule has 0 radical (unpaired) electrons. The van der Waals surface area contributed by atoms with Gasteiger partial charge in [0.2, 0.25) is 0 Å². The number of aliphatic hydroxyl groups excluding tert-OH is 1. The highest BCUT2D eigenvalue weighted by Gasteiger charge is 2.35. The van der Waals surface area contributed by atoms with Crippen molar-refractivity contribution >= 4 is 31.5 Å². The van der Waals surface area contributed by atoms with Crippen molar-refractivity contribution in [2.75, 3.05) is 24.3 Å². The molecule has 106 valence electrons. The maximum atomic E-state index is 12.4. The number of nitrogens with zero attached hydrogens (tertiary/aromatic N) is 1. The van der Waals surface area contributed by atoms with Crippen LogP contribution in [0.2, 0.25) is 0 Å². The van der Waals surface area contributed by atoms with Crippen LogP contribution in [-0.4, -0.2) is 39.0 Å². The van der Waals surface area contributed by atoms with E-state index in [9.17, 15) is 8.42 Å². The molecule has 1 unspecified atom stereocenters. The first-order valence-corrected chi connectivity index (χ1v) is 8.68. The SMILES string of the molecule is Cc1cc(Br)c2c(c1)S(=O)(=O)CC(CCCO)N2C. The number of benzene rings is 1. The van der Waals surface area contributed by atoms with Crippen molar-refractivity contribution in [1.29, 1.82) is 0 Å². The molecule has 1 aliphatic rings. The summed E-state index contributed by atoms with van der Waals surface area (Å²) < 4.78 is 25.6. The molecule has 1 aliphatic heterocycles. The van der Waals surface area contributed by atoms with Crippen molar-refractivity contribution in [1.82, 2.24) is 0 Å². The van der Waals surface area contributed by atoms with Gasteiger partial charge in [0, 0.05) is 24.2 Å². The van der Waals surface area contributed by atoms with Gasteiger partial charge in [0.1, 0.15) is 0 Å². The van der Waals surface area contributed by atoms with E-state index in [1.165, 1.54) is 0 Å². The van der Waals surface area contributed by atoms with E-state index in [0.717, 1.165) is 15.7 Å². The summed E-state index contributed by atoms with van der Waals surface area (Å²) in [7, 11) is -1.34. The summed E-state index contributed by atoms with van der Waals surface area (Å²) >= 11 is 3.47. The standard InChI is InChI=1S/C13H18BrNO3S/c1-9-6-11(14)13-12(7-9)19(17,18)8-10(15(13)2)4-3-5-16/h6-7,10,16H,3-5,8H2,1-2H3. The fourth-order valence-corrected chi connectivity index (χ4v) is 5.50. The van der Waals surface area contributed by atoms with Crippen LogP contribution in [0.1, 0.15) is 18.4 Å². The number of hydrogen-bond donors (Lipinski definition) is 1. The zero-order valence-electron chi connectivity index (χ0n) is 11.1. The number of halogens is 1.